The summed E-state index contributed by atoms with van der Waals surface area (Å²) in [7, 11) is 0. The van der Waals surface area contributed by atoms with E-state index in [9.17, 15) is 28.0 Å². The zero-order valence-electron chi connectivity index (χ0n) is 21.0. The van der Waals surface area contributed by atoms with E-state index >= 15 is 0 Å². The van der Waals surface area contributed by atoms with Gasteiger partial charge in [-0.25, -0.2) is 13.8 Å². The first-order valence-electron chi connectivity index (χ1n) is 12.9. The van der Waals surface area contributed by atoms with Crippen LogP contribution in [0.15, 0.2) is 41.9 Å². The summed E-state index contributed by atoms with van der Waals surface area (Å²) in [5.74, 6) is -5.93. The third-order valence-electron chi connectivity index (χ3n) is 7.35. The quantitative estimate of drug-likeness (QED) is 0.396. The van der Waals surface area contributed by atoms with Crippen LogP contribution in [0.1, 0.15) is 61.9 Å². The minimum atomic E-state index is -2.76. The molecule has 0 radical (unpaired) electrons. The lowest BCUT2D eigenvalue weighted by atomic mass is 9.85. The summed E-state index contributed by atoms with van der Waals surface area (Å²) in [5, 5.41) is 10.6. The molecule has 204 valence electrons. The van der Waals surface area contributed by atoms with Crippen molar-refractivity contribution in [2.75, 3.05) is 0 Å². The first-order valence-corrected chi connectivity index (χ1v) is 13.8. The first kappa shape index (κ1) is 27.8. The van der Waals surface area contributed by atoms with Gasteiger partial charge in [0.25, 0.3) is 5.91 Å². The fraction of sp³-hybridized carbons (Fsp3) is 0.519. The molecule has 2 saturated carbocycles. The lowest BCUT2D eigenvalue weighted by Crippen LogP contribution is -2.61. The van der Waals surface area contributed by atoms with Gasteiger partial charge in [0.05, 0.1) is 6.54 Å². The Kier molecular flexibility index (Phi) is 8.86. The van der Waals surface area contributed by atoms with Gasteiger partial charge >= 0.3 is 0 Å². The topological polar surface area (TPSA) is 117 Å². The van der Waals surface area contributed by atoms with Crippen LogP contribution in [-0.4, -0.2) is 46.0 Å². The number of carbonyl (C=O) groups is 4. The van der Waals surface area contributed by atoms with E-state index in [1.54, 1.807) is 35.8 Å². The van der Waals surface area contributed by atoms with Crippen LogP contribution in [-0.2, 0) is 32.1 Å². The molecule has 1 aromatic carbocycles. The van der Waals surface area contributed by atoms with Gasteiger partial charge in [0.2, 0.25) is 23.5 Å². The fourth-order valence-corrected chi connectivity index (χ4v) is 5.68. The maximum absolute atomic E-state index is 13.6. The minimum Gasteiger partial charge on any atom is -0.343 e. The fourth-order valence-electron chi connectivity index (χ4n) is 5.12. The minimum absolute atomic E-state index is 0.0604. The monoisotopic (exact) mass is 546 g/mol. The van der Waals surface area contributed by atoms with Crippen LogP contribution < -0.4 is 16.0 Å². The predicted octanol–water partition coefficient (Wildman–Crippen LogP) is 3.31. The van der Waals surface area contributed by atoms with E-state index in [2.05, 4.69) is 20.9 Å². The molecule has 1 heterocycles. The van der Waals surface area contributed by atoms with Gasteiger partial charge in [-0.3, -0.25) is 19.2 Å². The molecule has 4 rings (SSSR count). The van der Waals surface area contributed by atoms with Gasteiger partial charge in [-0.15, -0.1) is 11.3 Å². The Morgan fingerprint density at radius 3 is 2.34 bits per heavy atom. The van der Waals surface area contributed by atoms with Crippen molar-refractivity contribution in [2.24, 2.45) is 5.92 Å². The summed E-state index contributed by atoms with van der Waals surface area (Å²) < 4.78 is 27.2. The molecule has 2 aliphatic rings. The average Bonchev–Trinajstić information content (AvgIpc) is 3.60. The Bertz CT molecular complexity index is 1130. The van der Waals surface area contributed by atoms with Crippen molar-refractivity contribution < 1.29 is 28.0 Å². The Morgan fingerprint density at radius 1 is 1.03 bits per heavy atom. The number of halogens is 2. The van der Waals surface area contributed by atoms with Crippen LogP contribution in [0.3, 0.4) is 0 Å². The summed E-state index contributed by atoms with van der Waals surface area (Å²) in [6, 6.07) is 7.87. The zero-order valence-corrected chi connectivity index (χ0v) is 21.8. The van der Waals surface area contributed by atoms with E-state index in [4.69, 9.17) is 0 Å². The lowest BCUT2D eigenvalue weighted by Gasteiger charge is -2.34. The zero-order chi connectivity index (χ0) is 27.2. The number of rotatable bonds is 10. The molecule has 38 heavy (non-hydrogen) atoms. The van der Waals surface area contributed by atoms with Crippen molar-refractivity contribution in [3.8, 4) is 0 Å². The van der Waals surface area contributed by atoms with Crippen LogP contribution in [0.5, 0.6) is 0 Å². The van der Waals surface area contributed by atoms with Crippen molar-refractivity contribution in [3.05, 3.63) is 52.5 Å². The van der Waals surface area contributed by atoms with Gasteiger partial charge in [-0.05, 0) is 31.2 Å². The number of hydrogen-bond acceptors (Lipinski definition) is 6. The summed E-state index contributed by atoms with van der Waals surface area (Å²) >= 11 is 1.34. The molecule has 2 fully saturated rings. The molecule has 0 saturated heterocycles. The predicted molar refractivity (Wildman–Crippen MR) is 137 cm³/mol. The standard InChI is InChI=1S/C27H32F2N4O4S/c28-27(29)12-8-19(9-13-27)23(35)33-26(10-4-5-11-26)25(37)32-20(16-18-6-2-1-3-7-18)22(34)24(36)31-17-21-30-14-15-38-21/h1-3,6-7,14-15,19-20H,4-5,8-13,16-17H2,(H,31,36)(H,32,37)(H,33,35)/t20-/m1/s1. The van der Waals surface area contributed by atoms with Crippen LogP contribution >= 0.6 is 11.3 Å². The third-order valence-corrected chi connectivity index (χ3v) is 8.13. The average molecular weight is 547 g/mol. The van der Waals surface area contributed by atoms with Crippen molar-refractivity contribution >= 4 is 34.8 Å². The number of nitrogens with one attached hydrogen (secondary N) is 3. The maximum Gasteiger partial charge on any atom is 0.289 e. The van der Waals surface area contributed by atoms with Crippen molar-refractivity contribution in [1.82, 2.24) is 20.9 Å². The van der Waals surface area contributed by atoms with Crippen LogP contribution in [0, 0.1) is 5.92 Å². The molecule has 11 heteroatoms. The molecule has 3 N–H and O–H groups in total. The maximum atomic E-state index is 13.6. The molecule has 0 aliphatic heterocycles. The van der Waals surface area contributed by atoms with Crippen LogP contribution in [0.4, 0.5) is 8.78 Å². The smallest absolute Gasteiger partial charge is 0.289 e. The van der Waals surface area contributed by atoms with E-state index in [1.807, 2.05) is 6.07 Å². The van der Waals surface area contributed by atoms with Gasteiger partial charge in [-0.1, -0.05) is 43.2 Å². The van der Waals surface area contributed by atoms with Gasteiger partial charge in [-0.2, -0.15) is 0 Å². The largest absolute Gasteiger partial charge is 0.343 e. The molecule has 8 nitrogen and oxygen atoms in total. The highest BCUT2D eigenvalue weighted by Gasteiger charge is 2.46. The Labute approximate surface area is 224 Å². The van der Waals surface area contributed by atoms with E-state index < -0.39 is 46.9 Å². The summed E-state index contributed by atoms with van der Waals surface area (Å²) in [5.41, 5.74) is -0.490. The highest BCUT2D eigenvalue weighted by molar-refractivity contribution is 7.09. The second-order valence-electron chi connectivity index (χ2n) is 10.1. The molecule has 2 aliphatic carbocycles. The number of carbonyl (C=O) groups excluding carboxylic acids is 4. The second kappa shape index (κ2) is 12.1. The number of amides is 3. The molecule has 3 amide bonds. The van der Waals surface area contributed by atoms with Crippen molar-refractivity contribution in [3.63, 3.8) is 0 Å². The van der Waals surface area contributed by atoms with Gasteiger partial charge < -0.3 is 16.0 Å². The molecular weight excluding hydrogens is 514 g/mol. The number of thiazole rings is 1. The molecule has 2 aromatic rings. The molecular formula is C27H32F2N4O4S. The number of ketones is 1. The molecule has 0 spiro atoms. The van der Waals surface area contributed by atoms with Crippen molar-refractivity contribution in [1.29, 1.82) is 0 Å². The highest BCUT2D eigenvalue weighted by atomic mass is 32.1. The summed E-state index contributed by atoms with van der Waals surface area (Å²) in [6.45, 7) is 0.0919. The number of alkyl halides is 2. The van der Waals surface area contributed by atoms with Gasteiger partial charge in [0.15, 0.2) is 0 Å². The number of aromatic nitrogens is 1. The Balaban J connectivity index is 1.46. The molecule has 1 atom stereocenters. The first-order chi connectivity index (χ1) is 18.2. The molecule has 1 aromatic heterocycles. The number of nitrogens with zero attached hydrogens (tertiary/aromatic N) is 1. The Morgan fingerprint density at radius 2 is 1.71 bits per heavy atom. The van der Waals surface area contributed by atoms with E-state index in [1.165, 1.54) is 11.3 Å². The van der Waals surface area contributed by atoms with E-state index in [-0.39, 0.29) is 38.6 Å². The number of hydrogen-bond donors (Lipinski definition) is 3. The molecule has 0 unspecified atom stereocenters. The van der Waals surface area contributed by atoms with E-state index in [0.29, 0.717) is 30.7 Å². The second-order valence-corrected chi connectivity index (χ2v) is 11.1. The summed E-state index contributed by atoms with van der Waals surface area (Å²) in [4.78, 5) is 56.6. The van der Waals surface area contributed by atoms with E-state index in [0.717, 1.165) is 5.56 Å². The van der Waals surface area contributed by atoms with Crippen molar-refractivity contribution in [2.45, 2.75) is 81.8 Å². The summed E-state index contributed by atoms with van der Waals surface area (Å²) in [6.07, 6.45) is 3.24. The normalized spacial score (nSPS) is 19.3. The van der Waals surface area contributed by atoms with Crippen LogP contribution in [0.2, 0.25) is 0 Å². The van der Waals surface area contributed by atoms with Gasteiger partial charge in [0, 0.05) is 36.8 Å². The highest BCUT2D eigenvalue weighted by Crippen LogP contribution is 2.37. The molecule has 0 bridgehead atoms. The number of benzene rings is 1. The van der Waals surface area contributed by atoms with Gasteiger partial charge in [0.1, 0.15) is 16.6 Å². The third kappa shape index (κ3) is 7.00. The number of Topliss-reactive ketones (excluding diaryl/α,β-unsaturated/α-hetero) is 1. The lowest BCUT2D eigenvalue weighted by molar-refractivity contribution is -0.142. The SMILES string of the molecule is O=C(NCc1nccs1)C(=O)[C@@H](Cc1ccccc1)NC(=O)C1(NC(=O)C2CCC(F)(F)CC2)CCCC1. The van der Waals surface area contributed by atoms with Crippen LogP contribution in [0.25, 0.3) is 0 Å². The Hall–Kier alpha value is -3.21.